The highest BCUT2D eigenvalue weighted by atomic mass is 127. The van der Waals surface area contributed by atoms with Crippen molar-refractivity contribution in [1.29, 1.82) is 0 Å². The Morgan fingerprint density at radius 3 is 3.05 bits per heavy atom. The van der Waals surface area contributed by atoms with Gasteiger partial charge in [-0.3, -0.25) is 4.99 Å². The number of hydrogen-bond acceptors (Lipinski definition) is 3. The van der Waals surface area contributed by atoms with Gasteiger partial charge in [0.05, 0.1) is 6.04 Å². The Bertz CT molecular complexity index is 464. The zero-order chi connectivity index (χ0) is 12.4. The molecule has 0 aliphatic carbocycles. The van der Waals surface area contributed by atoms with Gasteiger partial charge in [-0.15, -0.1) is 24.0 Å². The first-order chi connectivity index (χ1) is 8.90. The van der Waals surface area contributed by atoms with Crippen molar-refractivity contribution in [3.05, 3.63) is 35.4 Å². The topological polar surface area (TPSA) is 27.6 Å². The van der Waals surface area contributed by atoms with Gasteiger partial charge < -0.3 is 10.2 Å². The van der Waals surface area contributed by atoms with Crippen LogP contribution in [-0.2, 0) is 6.42 Å². The van der Waals surface area contributed by atoms with E-state index in [1.54, 1.807) is 0 Å². The molecule has 0 saturated heterocycles. The van der Waals surface area contributed by atoms with E-state index in [9.17, 15) is 0 Å². The van der Waals surface area contributed by atoms with E-state index in [0.717, 1.165) is 43.8 Å². The molecule has 2 aliphatic heterocycles. The predicted octanol–water partition coefficient (Wildman–Crippen LogP) is 2.95. The lowest BCUT2D eigenvalue weighted by Gasteiger charge is -2.41. The summed E-state index contributed by atoms with van der Waals surface area (Å²) in [5.41, 5.74) is 3.01. The van der Waals surface area contributed by atoms with Crippen LogP contribution in [0.1, 0.15) is 23.6 Å². The van der Waals surface area contributed by atoms with Crippen molar-refractivity contribution >= 4 is 45.9 Å². The molecular weight excluding hydrogens is 417 g/mol. The molecule has 104 valence electrons. The van der Waals surface area contributed by atoms with Crippen molar-refractivity contribution in [1.82, 2.24) is 10.2 Å². The van der Waals surface area contributed by atoms with Gasteiger partial charge in [0, 0.05) is 25.0 Å². The molecule has 0 bridgehead atoms. The summed E-state index contributed by atoms with van der Waals surface area (Å²) in [5.74, 6) is 1.08. The third-order valence-electron chi connectivity index (χ3n) is 3.73. The largest absolute Gasteiger partial charge is 0.355 e. The molecule has 0 aromatic heterocycles. The van der Waals surface area contributed by atoms with E-state index in [2.05, 4.69) is 55.4 Å². The van der Waals surface area contributed by atoms with Gasteiger partial charge in [-0.1, -0.05) is 40.2 Å². The normalized spacial score (nSPS) is 20.8. The zero-order valence-corrected chi connectivity index (χ0v) is 14.7. The van der Waals surface area contributed by atoms with E-state index in [1.807, 2.05) is 0 Å². The monoisotopic (exact) mass is 435 g/mol. The lowest BCUT2D eigenvalue weighted by atomic mass is 9.90. The first kappa shape index (κ1) is 15.1. The number of hydrogen-bond donors (Lipinski definition) is 1. The van der Waals surface area contributed by atoms with Crippen molar-refractivity contribution in [3.63, 3.8) is 0 Å². The Morgan fingerprint density at radius 1 is 1.37 bits per heavy atom. The average Bonchev–Trinajstić information content (AvgIpc) is 2.44. The van der Waals surface area contributed by atoms with Crippen LogP contribution in [0.3, 0.4) is 0 Å². The summed E-state index contributed by atoms with van der Waals surface area (Å²) in [7, 11) is 0. The maximum absolute atomic E-state index is 4.63. The van der Waals surface area contributed by atoms with Crippen LogP contribution in [-0.4, -0.2) is 35.8 Å². The fourth-order valence-corrected chi connectivity index (χ4v) is 3.11. The summed E-state index contributed by atoms with van der Waals surface area (Å²) >= 11 is 3.45. The van der Waals surface area contributed by atoms with E-state index in [4.69, 9.17) is 0 Å². The first-order valence-electron chi connectivity index (χ1n) is 6.59. The fourth-order valence-electron chi connectivity index (χ4n) is 2.92. The molecule has 0 radical (unpaired) electrons. The van der Waals surface area contributed by atoms with Gasteiger partial charge in [-0.2, -0.15) is 0 Å². The number of aliphatic imine (C=N–C) groups is 1. The molecule has 1 aromatic carbocycles. The molecule has 1 atom stereocenters. The third kappa shape index (κ3) is 3.07. The molecule has 1 unspecified atom stereocenters. The standard InChI is InChI=1S/C14H18BrN3.HI/c15-7-9-17-14-16-8-5-13-12-4-2-1-3-11(12)6-10-18(13)14;/h1-4,13H,5-10H2,(H,16,17);1H. The SMILES string of the molecule is BrCCNC1=NCCC2c3ccccc3CCN12.I. The molecule has 0 saturated carbocycles. The van der Waals surface area contributed by atoms with E-state index in [-0.39, 0.29) is 24.0 Å². The first-order valence-corrected chi connectivity index (χ1v) is 7.71. The summed E-state index contributed by atoms with van der Waals surface area (Å²) in [4.78, 5) is 7.07. The molecule has 5 heteroatoms. The minimum absolute atomic E-state index is 0. The maximum Gasteiger partial charge on any atom is 0.194 e. The second-order valence-electron chi connectivity index (χ2n) is 4.77. The lowest BCUT2D eigenvalue weighted by molar-refractivity contribution is 0.263. The van der Waals surface area contributed by atoms with Crippen LogP contribution >= 0.6 is 39.9 Å². The average molecular weight is 436 g/mol. The lowest BCUT2D eigenvalue weighted by Crippen LogP contribution is -2.49. The maximum atomic E-state index is 4.63. The van der Waals surface area contributed by atoms with Crippen LogP contribution < -0.4 is 5.32 Å². The summed E-state index contributed by atoms with van der Waals surface area (Å²) in [6, 6.07) is 9.36. The van der Waals surface area contributed by atoms with E-state index in [0.29, 0.717) is 6.04 Å². The van der Waals surface area contributed by atoms with Crippen LogP contribution in [0.2, 0.25) is 0 Å². The van der Waals surface area contributed by atoms with E-state index < -0.39 is 0 Å². The Morgan fingerprint density at radius 2 is 2.21 bits per heavy atom. The molecule has 1 aromatic rings. The molecule has 2 heterocycles. The third-order valence-corrected chi connectivity index (χ3v) is 4.12. The van der Waals surface area contributed by atoms with Crippen LogP contribution in [0, 0.1) is 0 Å². The van der Waals surface area contributed by atoms with Crippen molar-refractivity contribution in [2.24, 2.45) is 4.99 Å². The second kappa shape index (κ2) is 6.92. The van der Waals surface area contributed by atoms with E-state index in [1.165, 1.54) is 11.1 Å². The second-order valence-corrected chi connectivity index (χ2v) is 5.56. The Balaban J connectivity index is 0.00000133. The molecule has 2 aliphatic rings. The summed E-state index contributed by atoms with van der Waals surface area (Å²) < 4.78 is 0. The van der Waals surface area contributed by atoms with Gasteiger partial charge >= 0.3 is 0 Å². The number of nitrogens with zero attached hydrogens (tertiary/aromatic N) is 2. The van der Waals surface area contributed by atoms with Gasteiger partial charge in [0.15, 0.2) is 5.96 Å². The number of rotatable bonds is 2. The number of alkyl halides is 1. The van der Waals surface area contributed by atoms with Crippen molar-refractivity contribution < 1.29 is 0 Å². The number of halogens is 2. The van der Waals surface area contributed by atoms with Gasteiger partial charge in [-0.05, 0) is 24.0 Å². The Kier molecular flexibility index (Phi) is 5.50. The molecule has 3 rings (SSSR count). The minimum Gasteiger partial charge on any atom is -0.355 e. The van der Waals surface area contributed by atoms with Gasteiger partial charge in [-0.25, -0.2) is 0 Å². The molecule has 0 spiro atoms. The molecule has 1 N–H and O–H groups in total. The molecule has 0 fully saturated rings. The number of guanidine groups is 1. The van der Waals surface area contributed by atoms with Crippen molar-refractivity contribution in [2.45, 2.75) is 18.9 Å². The number of fused-ring (bicyclic) bond motifs is 3. The smallest absolute Gasteiger partial charge is 0.194 e. The summed E-state index contributed by atoms with van der Waals surface area (Å²) in [5, 5.41) is 4.39. The highest BCUT2D eigenvalue weighted by molar-refractivity contribution is 14.0. The molecule has 3 nitrogen and oxygen atoms in total. The Labute approximate surface area is 140 Å². The molecule has 19 heavy (non-hydrogen) atoms. The van der Waals surface area contributed by atoms with Crippen molar-refractivity contribution in [3.8, 4) is 0 Å². The highest BCUT2D eigenvalue weighted by Crippen LogP contribution is 2.33. The number of benzene rings is 1. The van der Waals surface area contributed by atoms with Crippen molar-refractivity contribution in [2.75, 3.05) is 25.0 Å². The van der Waals surface area contributed by atoms with E-state index >= 15 is 0 Å². The minimum atomic E-state index is 0. The van der Waals surface area contributed by atoms with Gasteiger partial charge in [0.2, 0.25) is 0 Å². The summed E-state index contributed by atoms with van der Waals surface area (Å²) in [6.07, 6.45) is 2.26. The highest BCUT2D eigenvalue weighted by Gasteiger charge is 2.31. The van der Waals surface area contributed by atoms with Crippen LogP contribution in [0.5, 0.6) is 0 Å². The molecular formula is C14H19BrIN3. The zero-order valence-electron chi connectivity index (χ0n) is 10.8. The van der Waals surface area contributed by atoms with Gasteiger partial charge in [0.25, 0.3) is 0 Å². The van der Waals surface area contributed by atoms with Crippen LogP contribution in [0.25, 0.3) is 0 Å². The quantitative estimate of drug-likeness (QED) is 0.571. The van der Waals surface area contributed by atoms with Crippen LogP contribution in [0.15, 0.2) is 29.3 Å². The number of nitrogens with one attached hydrogen (secondary N) is 1. The van der Waals surface area contributed by atoms with Crippen LogP contribution in [0.4, 0.5) is 0 Å². The fraction of sp³-hybridized carbons (Fsp3) is 0.500. The Hall–Kier alpha value is -0.300. The molecule has 0 amide bonds. The predicted molar refractivity (Wildman–Crippen MR) is 93.7 cm³/mol. The summed E-state index contributed by atoms with van der Waals surface area (Å²) in [6.45, 7) is 2.94. The van der Waals surface area contributed by atoms with Gasteiger partial charge in [0.1, 0.15) is 0 Å².